The van der Waals surface area contributed by atoms with Gasteiger partial charge in [0.1, 0.15) is 0 Å². The molecular formula is C16H20F4S. The molecule has 1 fully saturated rings. The molecule has 0 nitrogen and oxygen atoms in total. The molecule has 1 saturated carbocycles. The van der Waals surface area contributed by atoms with Crippen molar-refractivity contribution in [3.05, 3.63) is 29.3 Å². The molecule has 0 heterocycles. The molecule has 0 aromatic heterocycles. The lowest BCUT2D eigenvalue weighted by Gasteiger charge is -2.29. The Bertz CT molecular complexity index is 468. The van der Waals surface area contributed by atoms with Gasteiger partial charge in [0.15, 0.2) is 11.6 Å². The molecule has 0 bridgehead atoms. The fourth-order valence-electron chi connectivity index (χ4n) is 3.22. The monoisotopic (exact) mass is 320 g/mol. The normalized spacial score (nSPS) is 22.8. The second kappa shape index (κ2) is 7.52. The van der Waals surface area contributed by atoms with Gasteiger partial charge in [-0.25, -0.2) is 8.78 Å². The first kappa shape index (κ1) is 16.7. The quantitative estimate of drug-likeness (QED) is 0.450. The summed E-state index contributed by atoms with van der Waals surface area (Å²) in [7, 11) is 0. The van der Waals surface area contributed by atoms with Crippen LogP contribution in [0, 0.1) is 17.6 Å². The number of halogens is 4. The third kappa shape index (κ3) is 4.15. The summed E-state index contributed by atoms with van der Waals surface area (Å²) < 4.78 is 52.5. The van der Waals surface area contributed by atoms with E-state index in [1.165, 1.54) is 18.6 Å². The van der Waals surface area contributed by atoms with E-state index in [4.69, 9.17) is 0 Å². The lowest BCUT2D eigenvalue weighted by atomic mass is 9.77. The second-order valence-corrected chi connectivity index (χ2v) is 6.70. The van der Waals surface area contributed by atoms with Gasteiger partial charge in [0.05, 0.1) is 4.90 Å². The summed E-state index contributed by atoms with van der Waals surface area (Å²) in [6, 6.07) is 2.76. The van der Waals surface area contributed by atoms with Crippen LogP contribution in [0.15, 0.2) is 17.0 Å². The van der Waals surface area contributed by atoms with Crippen molar-refractivity contribution in [2.45, 2.75) is 62.0 Å². The average molecular weight is 320 g/mol. The fourth-order valence-corrected chi connectivity index (χ4v) is 3.75. The first-order valence-electron chi connectivity index (χ1n) is 7.45. The van der Waals surface area contributed by atoms with Gasteiger partial charge in [-0.05, 0) is 49.1 Å². The van der Waals surface area contributed by atoms with E-state index in [9.17, 15) is 17.6 Å². The molecule has 0 saturated heterocycles. The zero-order valence-electron chi connectivity index (χ0n) is 12.0. The van der Waals surface area contributed by atoms with Crippen molar-refractivity contribution < 1.29 is 17.6 Å². The SMILES string of the molecule is CCCC1CCC(c2ccc(SC(F)F)c(F)c2F)CC1. The van der Waals surface area contributed by atoms with Crippen LogP contribution in [0.1, 0.15) is 56.9 Å². The van der Waals surface area contributed by atoms with Gasteiger partial charge < -0.3 is 0 Å². The summed E-state index contributed by atoms with van der Waals surface area (Å²) in [6.45, 7) is 2.15. The molecule has 2 rings (SSSR count). The highest BCUT2D eigenvalue weighted by molar-refractivity contribution is 7.99. The van der Waals surface area contributed by atoms with E-state index < -0.39 is 17.4 Å². The average Bonchev–Trinajstić information content (AvgIpc) is 2.45. The molecule has 118 valence electrons. The summed E-state index contributed by atoms with van der Waals surface area (Å²) >= 11 is 0.0532. The van der Waals surface area contributed by atoms with Crippen LogP contribution >= 0.6 is 11.8 Å². The number of thioether (sulfide) groups is 1. The molecule has 1 aromatic carbocycles. The lowest BCUT2D eigenvalue weighted by Crippen LogP contribution is -2.15. The van der Waals surface area contributed by atoms with Crippen LogP contribution in [0.25, 0.3) is 0 Å². The molecule has 1 aliphatic rings. The van der Waals surface area contributed by atoms with E-state index in [1.807, 2.05) is 0 Å². The van der Waals surface area contributed by atoms with Gasteiger partial charge in [0.25, 0.3) is 5.76 Å². The molecule has 0 N–H and O–H groups in total. The van der Waals surface area contributed by atoms with E-state index in [1.54, 1.807) is 0 Å². The van der Waals surface area contributed by atoms with Gasteiger partial charge in [-0.2, -0.15) is 8.78 Å². The number of hydrogen-bond acceptors (Lipinski definition) is 1. The molecule has 0 atom stereocenters. The summed E-state index contributed by atoms with van der Waals surface area (Å²) in [5.41, 5.74) is 0.348. The summed E-state index contributed by atoms with van der Waals surface area (Å²) in [6.07, 6.45) is 6.11. The highest BCUT2D eigenvalue weighted by Crippen LogP contribution is 2.40. The van der Waals surface area contributed by atoms with Crippen LogP contribution in [-0.4, -0.2) is 5.76 Å². The Morgan fingerprint density at radius 1 is 1.10 bits per heavy atom. The summed E-state index contributed by atoms with van der Waals surface area (Å²) in [5, 5.41) is 0. The predicted molar refractivity (Wildman–Crippen MR) is 77.8 cm³/mol. The van der Waals surface area contributed by atoms with Gasteiger partial charge >= 0.3 is 0 Å². The molecule has 0 spiro atoms. The Morgan fingerprint density at radius 3 is 2.33 bits per heavy atom. The standard InChI is InChI=1S/C16H20F4S/c1-2-3-10-4-6-11(7-5-10)12-8-9-13(21-16(19)20)15(18)14(12)17/h8-11,16H,2-7H2,1H3. The van der Waals surface area contributed by atoms with Gasteiger partial charge in [-0.15, -0.1) is 0 Å². The Balaban J connectivity index is 2.09. The Kier molecular flexibility index (Phi) is 5.97. The number of alkyl halides is 2. The summed E-state index contributed by atoms with van der Waals surface area (Å²) in [5.74, 6) is -4.12. The number of hydrogen-bond donors (Lipinski definition) is 0. The zero-order valence-corrected chi connectivity index (χ0v) is 12.9. The minimum atomic E-state index is -2.74. The van der Waals surface area contributed by atoms with Crippen molar-refractivity contribution in [2.24, 2.45) is 5.92 Å². The van der Waals surface area contributed by atoms with Crippen LogP contribution in [0.5, 0.6) is 0 Å². The van der Waals surface area contributed by atoms with E-state index in [2.05, 4.69) is 6.92 Å². The highest BCUT2D eigenvalue weighted by atomic mass is 32.2. The van der Waals surface area contributed by atoms with Gasteiger partial charge in [-0.1, -0.05) is 37.6 Å². The topological polar surface area (TPSA) is 0 Å². The maximum atomic E-state index is 14.1. The second-order valence-electron chi connectivity index (χ2n) is 5.67. The third-order valence-electron chi connectivity index (χ3n) is 4.28. The van der Waals surface area contributed by atoms with Gasteiger partial charge in [0.2, 0.25) is 0 Å². The highest BCUT2D eigenvalue weighted by Gasteiger charge is 2.26. The van der Waals surface area contributed by atoms with Gasteiger partial charge in [0, 0.05) is 0 Å². The van der Waals surface area contributed by atoms with Crippen molar-refractivity contribution in [1.82, 2.24) is 0 Å². The molecule has 0 aliphatic heterocycles. The molecule has 0 amide bonds. The predicted octanol–water partition coefficient (Wildman–Crippen LogP) is 6.35. The van der Waals surface area contributed by atoms with Crippen molar-refractivity contribution in [2.75, 3.05) is 0 Å². The number of rotatable bonds is 5. The molecule has 21 heavy (non-hydrogen) atoms. The summed E-state index contributed by atoms with van der Waals surface area (Å²) in [4.78, 5) is -0.314. The van der Waals surface area contributed by atoms with Crippen molar-refractivity contribution >= 4 is 11.8 Å². The molecule has 0 unspecified atom stereocenters. The zero-order chi connectivity index (χ0) is 15.4. The largest absolute Gasteiger partial charge is 0.289 e. The van der Waals surface area contributed by atoms with Crippen LogP contribution in [0.4, 0.5) is 17.6 Å². The van der Waals surface area contributed by atoms with Crippen LogP contribution < -0.4 is 0 Å². The van der Waals surface area contributed by atoms with Crippen molar-refractivity contribution in [3.63, 3.8) is 0 Å². The van der Waals surface area contributed by atoms with Crippen LogP contribution in [0.3, 0.4) is 0 Å². The van der Waals surface area contributed by atoms with E-state index in [-0.39, 0.29) is 22.6 Å². The van der Waals surface area contributed by atoms with E-state index in [0.29, 0.717) is 11.5 Å². The van der Waals surface area contributed by atoms with Crippen molar-refractivity contribution in [3.8, 4) is 0 Å². The first-order chi connectivity index (χ1) is 10.0. The van der Waals surface area contributed by atoms with Crippen LogP contribution in [-0.2, 0) is 0 Å². The fraction of sp³-hybridized carbons (Fsp3) is 0.625. The van der Waals surface area contributed by atoms with Gasteiger partial charge in [-0.3, -0.25) is 0 Å². The maximum absolute atomic E-state index is 14.1. The Hall–Kier alpha value is -0.710. The van der Waals surface area contributed by atoms with Crippen molar-refractivity contribution in [1.29, 1.82) is 0 Å². The third-order valence-corrected chi connectivity index (χ3v) is 5.02. The lowest BCUT2D eigenvalue weighted by molar-refractivity contribution is 0.251. The smallest absolute Gasteiger partial charge is 0.203 e. The first-order valence-corrected chi connectivity index (χ1v) is 8.33. The number of benzene rings is 1. The van der Waals surface area contributed by atoms with E-state index in [0.717, 1.165) is 32.1 Å². The molecule has 5 heteroatoms. The molecule has 1 aliphatic carbocycles. The molecular weight excluding hydrogens is 300 g/mol. The minimum absolute atomic E-state index is 0.0122. The maximum Gasteiger partial charge on any atom is 0.289 e. The Morgan fingerprint density at radius 2 is 1.76 bits per heavy atom. The minimum Gasteiger partial charge on any atom is -0.203 e. The molecule has 0 radical (unpaired) electrons. The molecule has 1 aromatic rings. The van der Waals surface area contributed by atoms with Crippen LogP contribution in [0.2, 0.25) is 0 Å². The van der Waals surface area contributed by atoms with E-state index >= 15 is 0 Å². The Labute approximate surface area is 127 Å².